The summed E-state index contributed by atoms with van der Waals surface area (Å²) in [5.41, 5.74) is 2.52. The molecule has 0 N–H and O–H groups in total. The Morgan fingerprint density at radius 1 is 1.28 bits per heavy atom. The van der Waals surface area contributed by atoms with E-state index >= 15 is 0 Å². The molecule has 0 saturated carbocycles. The minimum atomic E-state index is -0.453. The second-order valence-corrected chi connectivity index (χ2v) is 8.26. The quantitative estimate of drug-likeness (QED) is 0.219. The monoisotopic (exact) mass is 447 g/mol. The summed E-state index contributed by atoms with van der Waals surface area (Å²) in [6, 6.07) is 12.2. The maximum Gasteiger partial charge on any atom is 0.270 e. The van der Waals surface area contributed by atoms with Crippen LogP contribution in [0.4, 0.5) is 10.8 Å². The molecule has 0 unspecified atom stereocenters. The topological polar surface area (TPSA) is 94.2 Å². The van der Waals surface area contributed by atoms with E-state index < -0.39 is 4.92 Å². The van der Waals surface area contributed by atoms with Gasteiger partial charge in [0.1, 0.15) is 0 Å². The maximum atomic E-state index is 13.1. The molecular formula is C23H21N5O3S. The third kappa shape index (κ3) is 4.89. The third-order valence-corrected chi connectivity index (χ3v) is 6.01. The summed E-state index contributed by atoms with van der Waals surface area (Å²) in [7, 11) is 0. The fourth-order valence-electron chi connectivity index (χ4n) is 3.32. The Bertz CT molecular complexity index is 1280. The number of nitrogens with zero attached hydrogens (tertiary/aromatic N) is 5. The van der Waals surface area contributed by atoms with Gasteiger partial charge in [-0.3, -0.25) is 19.8 Å². The lowest BCUT2D eigenvalue weighted by Crippen LogP contribution is -2.30. The second-order valence-electron chi connectivity index (χ2n) is 7.25. The zero-order valence-corrected chi connectivity index (χ0v) is 18.2. The first kappa shape index (κ1) is 21.4. The predicted molar refractivity (Wildman–Crippen MR) is 126 cm³/mol. The Hall–Kier alpha value is -3.85. The van der Waals surface area contributed by atoms with Gasteiger partial charge in [-0.15, -0.1) is 0 Å². The Morgan fingerprint density at radius 3 is 2.88 bits per heavy atom. The van der Waals surface area contributed by atoms with Crippen LogP contribution >= 0.6 is 11.3 Å². The summed E-state index contributed by atoms with van der Waals surface area (Å²) in [5, 5.41) is 11.6. The minimum absolute atomic E-state index is 0.0153. The first-order valence-corrected chi connectivity index (χ1v) is 10.9. The number of imidazole rings is 1. The van der Waals surface area contributed by atoms with Crippen molar-refractivity contribution < 1.29 is 9.72 Å². The van der Waals surface area contributed by atoms with Crippen molar-refractivity contribution in [3.63, 3.8) is 0 Å². The SMILES string of the molecule is Cc1cccc2sc(N(CCCn3ccnc3)C(=O)/C=C/c3cccc([N+](=O)[O-])c3)nc12. The number of aromatic nitrogens is 3. The van der Waals surface area contributed by atoms with E-state index in [1.165, 1.54) is 29.5 Å². The van der Waals surface area contributed by atoms with Gasteiger partial charge in [-0.25, -0.2) is 9.97 Å². The summed E-state index contributed by atoms with van der Waals surface area (Å²) < 4.78 is 2.99. The second kappa shape index (κ2) is 9.52. The van der Waals surface area contributed by atoms with E-state index in [4.69, 9.17) is 4.98 Å². The number of hydrogen-bond donors (Lipinski definition) is 0. The largest absolute Gasteiger partial charge is 0.337 e. The van der Waals surface area contributed by atoms with E-state index in [-0.39, 0.29) is 11.6 Å². The fourth-order valence-corrected chi connectivity index (χ4v) is 4.39. The third-order valence-electron chi connectivity index (χ3n) is 4.96. The van der Waals surface area contributed by atoms with Crippen molar-refractivity contribution >= 4 is 44.4 Å². The number of thiazole rings is 1. The molecule has 0 aliphatic rings. The molecule has 0 radical (unpaired) electrons. The lowest BCUT2D eigenvalue weighted by atomic mass is 10.2. The van der Waals surface area contributed by atoms with Crippen molar-refractivity contribution in [3.8, 4) is 0 Å². The zero-order valence-electron chi connectivity index (χ0n) is 17.4. The van der Waals surface area contributed by atoms with Crippen LogP contribution in [0, 0.1) is 17.0 Å². The smallest absolute Gasteiger partial charge is 0.270 e. The number of hydrogen-bond acceptors (Lipinski definition) is 6. The van der Waals surface area contributed by atoms with Crippen LogP contribution in [0.5, 0.6) is 0 Å². The minimum Gasteiger partial charge on any atom is -0.337 e. The number of rotatable bonds is 8. The number of fused-ring (bicyclic) bond motifs is 1. The number of carbonyl (C=O) groups is 1. The van der Waals surface area contributed by atoms with Gasteiger partial charge in [0.2, 0.25) is 0 Å². The van der Waals surface area contributed by atoms with Gasteiger partial charge < -0.3 is 4.57 Å². The maximum absolute atomic E-state index is 13.1. The molecule has 0 aliphatic carbocycles. The average Bonchev–Trinajstić information content (AvgIpc) is 3.46. The molecule has 0 bridgehead atoms. The molecule has 162 valence electrons. The van der Waals surface area contributed by atoms with Gasteiger partial charge in [0, 0.05) is 43.7 Å². The number of nitro benzene ring substituents is 1. The number of benzene rings is 2. The molecule has 4 aromatic rings. The Labute approximate surface area is 188 Å². The highest BCUT2D eigenvalue weighted by molar-refractivity contribution is 7.22. The number of aryl methyl sites for hydroxylation is 2. The van der Waals surface area contributed by atoms with E-state index in [1.54, 1.807) is 35.6 Å². The van der Waals surface area contributed by atoms with Gasteiger partial charge in [0.05, 0.1) is 21.5 Å². The first-order chi connectivity index (χ1) is 15.5. The molecule has 9 heteroatoms. The van der Waals surface area contributed by atoms with Crippen molar-refractivity contribution in [2.24, 2.45) is 0 Å². The van der Waals surface area contributed by atoms with Gasteiger partial charge in [-0.05, 0) is 36.6 Å². The van der Waals surface area contributed by atoms with Crippen LogP contribution < -0.4 is 4.90 Å². The molecule has 4 rings (SSSR count). The summed E-state index contributed by atoms with van der Waals surface area (Å²) >= 11 is 1.48. The summed E-state index contributed by atoms with van der Waals surface area (Å²) in [4.78, 5) is 34.1. The van der Waals surface area contributed by atoms with E-state index in [1.807, 2.05) is 35.9 Å². The Morgan fingerprint density at radius 2 is 2.12 bits per heavy atom. The van der Waals surface area contributed by atoms with Crippen molar-refractivity contribution in [2.75, 3.05) is 11.4 Å². The van der Waals surface area contributed by atoms with Gasteiger partial charge >= 0.3 is 0 Å². The first-order valence-electron chi connectivity index (χ1n) is 10.1. The Balaban J connectivity index is 1.58. The molecule has 0 fully saturated rings. The number of amides is 1. The highest BCUT2D eigenvalue weighted by Gasteiger charge is 2.18. The number of para-hydroxylation sites is 1. The highest BCUT2D eigenvalue weighted by Crippen LogP contribution is 2.31. The van der Waals surface area contributed by atoms with Crippen molar-refractivity contribution in [1.29, 1.82) is 0 Å². The Kier molecular flexibility index (Phi) is 6.37. The van der Waals surface area contributed by atoms with Crippen LogP contribution in [-0.4, -0.2) is 31.9 Å². The number of non-ortho nitro benzene ring substituents is 1. The van der Waals surface area contributed by atoms with Gasteiger partial charge in [-0.1, -0.05) is 35.6 Å². The molecule has 1 amide bonds. The number of anilines is 1. The fraction of sp³-hybridized carbons (Fsp3) is 0.174. The van der Waals surface area contributed by atoms with Crippen molar-refractivity contribution in [1.82, 2.24) is 14.5 Å². The average molecular weight is 448 g/mol. The molecule has 0 spiro atoms. The molecule has 2 aromatic carbocycles. The molecule has 2 aromatic heterocycles. The predicted octanol–water partition coefficient (Wildman–Crippen LogP) is 4.85. The van der Waals surface area contributed by atoms with Crippen LogP contribution in [0.3, 0.4) is 0 Å². The lowest BCUT2D eigenvalue weighted by molar-refractivity contribution is -0.384. The van der Waals surface area contributed by atoms with Crippen LogP contribution in [0.15, 0.2) is 67.3 Å². The molecular weight excluding hydrogens is 426 g/mol. The van der Waals surface area contributed by atoms with Crippen LogP contribution in [0.1, 0.15) is 17.5 Å². The zero-order chi connectivity index (χ0) is 22.5. The molecule has 0 atom stereocenters. The van der Waals surface area contributed by atoms with Gasteiger partial charge in [-0.2, -0.15) is 0 Å². The van der Waals surface area contributed by atoms with Crippen molar-refractivity contribution in [2.45, 2.75) is 19.9 Å². The summed E-state index contributed by atoms with van der Waals surface area (Å²) in [6.07, 6.45) is 9.11. The molecule has 32 heavy (non-hydrogen) atoms. The molecule has 2 heterocycles. The number of nitro groups is 1. The van der Waals surface area contributed by atoms with Crippen LogP contribution in [0.25, 0.3) is 16.3 Å². The van der Waals surface area contributed by atoms with E-state index in [0.29, 0.717) is 17.2 Å². The van der Waals surface area contributed by atoms with E-state index in [2.05, 4.69) is 4.98 Å². The van der Waals surface area contributed by atoms with Crippen LogP contribution in [-0.2, 0) is 11.3 Å². The molecule has 0 saturated heterocycles. The van der Waals surface area contributed by atoms with Gasteiger partial charge in [0.25, 0.3) is 11.6 Å². The van der Waals surface area contributed by atoms with E-state index in [9.17, 15) is 14.9 Å². The highest BCUT2D eigenvalue weighted by atomic mass is 32.1. The van der Waals surface area contributed by atoms with Crippen molar-refractivity contribution in [3.05, 3.63) is 88.5 Å². The number of carbonyl (C=O) groups excluding carboxylic acids is 1. The summed E-state index contributed by atoms with van der Waals surface area (Å²) in [5.74, 6) is -0.223. The normalized spacial score (nSPS) is 11.3. The van der Waals surface area contributed by atoms with Gasteiger partial charge in [0.15, 0.2) is 5.13 Å². The molecule has 0 aliphatic heterocycles. The summed E-state index contributed by atoms with van der Waals surface area (Å²) in [6.45, 7) is 3.21. The van der Waals surface area contributed by atoms with Crippen LogP contribution in [0.2, 0.25) is 0 Å². The standard InChI is InChI=1S/C23H21N5O3S/c1-17-5-2-8-20-22(17)25-23(32-20)27(13-4-12-26-14-11-24-16-26)21(29)10-9-18-6-3-7-19(15-18)28(30)31/h2-3,5-11,14-16H,4,12-13H2,1H3/b10-9+. The van der Waals surface area contributed by atoms with E-state index in [0.717, 1.165) is 28.7 Å². The molecule has 8 nitrogen and oxygen atoms in total. The lowest BCUT2D eigenvalue weighted by Gasteiger charge is -2.18.